The van der Waals surface area contributed by atoms with E-state index in [2.05, 4.69) is 0 Å². The Labute approximate surface area is 106 Å². The van der Waals surface area contributed by atoms with Gasteiger partial charge in [0.2, 0.25) is 0 Å². The Kier molecular flexibility index (Phi) is 4.07. The summed E-state index contributed by atoms with van der Waals surface area (Å²) in [7, 11) is 0. The molecule has 0 saturated heterocycles. The highest BCUT2D eigenvalue weighted by Gasteiger charge is 2.20. The molecule has 0 heterocycles. The maximum absolute atomic E-state index is 11.0. The Morgan fingerprint density at radius 3 is 2.67 bits per heavy atom. The molecule has 92 valence electrons. The molecule has 1 aromatic rings. The topological polar surface area (TPSA) is 43.4 Å². The van der Waals surface area contributed by atoms with Gasteiger partial charge in [-0.2, -0.15) is 0 Å². The van der Waals surface area contributed by atoms with Crippen LogP contribution >= 0.6 is 0 Å². The first-order valence-electron chi connectivity index (χ1n) is 5.83. The minimum absolute atomic E-state index is 0.348. The number of hydrogen-bond donors (Lipinski definition) is 0. The average molecular weight is 242 g/mol. The molecule has 1 aliphatic rings. The van der Waals surface area contributed by atoms with Gasteiger partial charge in [-0.3, -0.25) is 4.79 Å². The molecule has 0 fully saturated rings. The largest absolute Gasteiger partial charge is 0.492 e. The fourth-order valence-electron chi connectivity index (χ4n) is 1.89. The van der Waals surface area contributed by atoms with E-state index in [1.54, 1.807) is 6.08 Å². The summed E-state index contributed by atoms with van der Waals surface area (Å²) in [5.74, 6) is 0.130. The van der Waals surface area contributed by atoms with Crippen LogP contribution in [-0.2, 0) is 20.9 Å². The van der Waals surface area contributed by atoms with E-state index in [4.69, 9.17) is 4.74 Å². The van der Waals surface area contributed by atoms with Crippen molar-refractivity contribution in [2.45, 2.75) is 13.0 Å². The average Bonchev–Trinajstić information content (AvgIpc) is 2.45. The van der Waals surface area contributed by atoms with E-state index in [-0.39, 0.29) is 5.92 Å². The van der Waals surface area contributed by atoms with Gasteiger partial charge in [0, 0.05) is 0 Å². The quantitative estimate of drug-likeness (QED) is 0.745. The maximum Gasteiger partial charge on any atom is 0.153 e. The molecule has 3 nitrogen and oxygen atoms in total. The van der Waals surface area contributed by atoms with Gasteiger partial charge in [-0.15, -0.1) is 0 Å². The molecule has 18 heavy (non-hydrogen) atoms. The summed E-state index contributed by atoms with van der Waals surface area (Å²) in [5, 5.41) is 0. The third kappa shape index (κ3) is 2.74. The van der Waals surface area contributed by atoms with Crippen LogP contribution in [0.25, 0.3) is 0 Å². The van der Waals surface area contributed by atoms with Crippen molar-refractivity contribution in [3.05, 3.63) is 59.4 Å². The van der Waals surface area contributed by atoms with Crippen molar-refractivity contribution in [2.75, 3.05) is 0 Å². The van der Waals surface area contributed by atoms with E-state index in [1.807, 2.05) is 36.4 Å². The Hall–Kier alpha value is -2.16. The van der Waals surface area contributed by atoms with E-state index >= 15 is 0 Å². The SMILES string of the molecule is O=CC1=C(OCc2ccccc2)C(C=O)CC=C1. The van der Waals surface area contributed by atoms with Gasteiger partial charge in [0.05, 0.1) is 11.5 Å². The molecular formula is C15H14O3. The summed E-state index contributed by atoms with van der Waals surface area (Å²) < 4.78 is 5.64. The lowest BCUT2D eigenvalue weighted by Gasteiger charge is -2.19. The van der Waals surface area contributed by atoms with E-state index in [9.17, 15) is 9.59 Å². The minimum Gasteiger partial charge on any atom is -0.492 e. The second-order valence-electron chi connectivity index (χ2n) is 4.09. The molecule has 1 atom stereocenters. The third-order valence-corrected chi connectivity index (χ3v) is 2.84. The predicted octanol–water partition coefficient (Wildman–Crippen LogP) is 2.43. The molecule has 0 bridgehead atoms. The Bertz CT molecular complexity index is 486. The first kappa shape index (κ1) is 12.3. The normalized spacial score (nSPS) is 18.6. The lowest BCUT2D eigenvalue weighted by molar-refractivity contribution is -0.111. The summed E-state index contributed by atoms with van der Waals surface area (Å²) in [6.45, 7) is 0.367. The zero-order valence-corrected chi connectivity index (χ0v) is 9.91. The van der Waals surface area contributed by atoms with E-state index in [0.717, 1.165) is 18.1 Å². The number of aldehydes is 2. The summed E-state index contributed by atoms with van der Waals surface area (Å²) in [6, 6.07) is 9.65. The number of hydrogen-bond acceptors (Lipinski definition) is 3. The molecule has 0 aromatic heterocycles. The molecule has 0 saturated carbocycles. The zero-order valence-electron chi connectivity index (χ0n) is 9.91. The third-order valence-electron chi connectivity index (χ3n) is 2.84. The lowest BCUT2D eigenvalue weighted by Crippen LogP contribution is -2.14. The molecular weight excluding hydrogens is 228 g/mol. The molecule has 0 amide bonds. The first-order chi connectivity index (χ1) is 8.85. The zero-order chi connectivity index (χ0) is 12.8. The van der Waals surface area contributed by atoms with Crippen LogP contribution in [0.2, 0.25) is 0 Å². The minimum atomic E-state index is -0.348. The van der Waals surface area contributed by atoms with Gasteiger partial charge in [-0.05, 0) is 12.0 Å². The number of rotatable bonds is 5. The van der Waals surface area contributed by atoms with Gasteiger partial charge in [-0.1, -0.05) is 42.5 Å². The van der Waals surface area contributed by atoms with Crippen molar-refractivity contribution in [2.24, 2.45) is 5.92 Å². The van der Waals surface area contributed by atoms with Crippen molar-refractivity contribution >= 4 is 12.6 Å². The molecule has 3 heteroatoms. The van der Waals surface area contributed by atoms with E-state index in [0.29, 0.717) is 24.4 Å². The second-order valence-corrected chi connectivity index (χ2v) is 4.09. The van der Waals surface area contributed by atoms with Gasteiger partial charge < -0.3 is 9.53 Å². The van der Waals surface area contributed by atoms with Gasteiger partial charge >= 0.3 is 0 Å². The second kappa shape index (κ2) is 5.96. The molecule has 0 N–H and O–H groups in total. The van der Waals surface area contributed by atoms with Gasteiger partial charge in [0.1, 0.15) is 18.7 Å². The smallest absolute Gasteiger partial charge is 0.153 e. The Balaban J connectivity index is 2.14. The van der Waals surface area contributed by atoms with Crippen LogP contribution in [0, 0.1) is 5.92 Å². The van der Waals surface area contributed by atoms with Crippen LogP contribution in [0.4, 0.5) is 0 Å². The number of carbonyl (C=O) groups excluding carboxylic acids is 2. The van der Waals surface area contributed by atoms with Crippen molar-refractivity contribution < 1.29 is 14.3 Å². The van der Waals surface area contributed by atoms with Crippen LogP contribution in [0.3, 0.4) is 0 Å². The summed E-state index contributed by atoms with van der Waals surface area (Å²) in [6.07, 6.45) is 5.66. The highest BCUT2D eigenvalue weighted by molar-refractivity contribution is 5.81. The lowest BCUT2D eigenvalue weighted by atomic mass is 9.95. The summed E-state index contributed by atoms with van der Waals surface area (Å²) in [5.41, 5.74) is 1.46. The highest BCUT2D eigenvalue weighted by Crippen LogP contribution is 2.25. The van der Waals surface area contributed by atoms with Crippen molar-refractivity contribution in [1.82, 2.24) is 0 Å². The first-order valence-corrected chi connectivity index (χ1v) is 5.83. The van der Waals surface area contributed by atoms with E-state index in [1.165, 1.54) is 0 Å². The molecule has 0 spiro atoms. The van der Waals surface area contributed by atoms with Crippen LogP contribution in [0.1, 0.15) is 12.0 Å². The summed E-state index contributed by atoms with van der Waals surface area (Å²) in [4.78, 5) is 21.9. The maximum atomic E-state index is 11.0. The fraction of sp³-hybridized carbons (Fsp3) is 0.200. The number of ether oxygens (including phenoxy) is 1. The van der Waals surface area contributed by atoms with Crippen LogP contribution in [0.5, 0.6) is 0 Å². The number of benzene rings is 1. The summed E-state index contributed by atoms with van der Waals surface area (Å²) >= 11 is 0. The van der Waals surface area contributed by atoms with E-state index < -0.39 is 0 Å². The molecule has 1 aromatic carbocycles. The molecule has 2 rings (SSSR count). The van der Waals surface area contributed by atoms with Gasteiger partial charge in [-0.25, -0.2) is 0 Å². The standard InChI is InChI=1S/C15H14O3/c16-9-13-7-4-8-14(10-17)15(13)18-11-12-5-2-1-3-6-12/h1-7,9-10,14H,8,11H2. The van der Waals surface area contributed by atoms with Gasteiger partial charge in [0.25, 0.3) is 0 Å². The van der Waals surface area contributed by atoms with Crippen molar-refractivity contribution in [3.8, 4) is 0 Å². The predicted molar refractivity (Wildman–Crippen MR) is 67.6 cm³/mol. The Morgan fingerprint density at radius 1 is 1.22 bits per heavy atom. The number of carbonyl (C=O) groups is 2. The molecule has 1 aliphatic carbocycles. The highest BCUT2D eigenvalue weighted by atomic mass is 16.5. The molecule has 1 unspecified atom stereocenters. The Morgan fingerprint density at radius 2 is 2.00 bits per heavy atom. The molecule has 0 aliphatic heterocycles. The fourth-order valence-corrected chi connectivity index (χ4v) is 1.89. The van der Waals surface area contributed by atoms with Crippen LogP contribution < -0.4 is 0 Å². The van der Waals surface area contributed by atoms with Crippen LogP contribution in [-0.4, -0.2) is 12.6 Å². The van der Waals surface area contributed by atoms with Crippen molar-refractivity contribution in [3.63, 3.8) is 0 Å². The van der Waals surface area contributed by atoms with Crippen molar-refractivity contribution in [1.29, 1.82) is 0 Å². The number of allylic oxidation sites excluding steroid dienone is 4. The molecule has 0 radical (unpaired) electrons. The van der Waals surface area contributed by atoms with Crippen LogP contribution in [0.15, 0.2) is 53.8 Å². The van der Waals surface area contributed by atoms with Gasteiger partial charge in [0.15, 0.2) is 6.29 Å². The monoisotopic (exact) mass is 242 g/mol.